The van der Waals surface area contributed by atoms with Gasteiger partial charge < -0.3 is 10.2 Å². The standard InChI is InChI=1S/C16H26N2/c1-4-11-17-13(2)12-18-14(3)9-10-15-7-5-6-8-16(15)18/h5-8,13-14,17H,4,9-12H2,1-3H3. The van der Waals surface area contributed by atoms with Crippen molar-refractivity contribution in [2.75, 3.05) is 18.0 Å². The molecule has 2 nitrogen and oxygen atoms in total. The molecule has 1 aromatic carbocycles. The van der Waals surface area contributed by atoms with Crippen LogP contribution < -0.4 is 10.2 Å². The summed E-state index contributed by atoms with van der Waals surface area (Å²) in [7, 11) is 0. The van der Waals surface area contributed by atoms with Crippen LogP contribution in [0, 0.1) is 0 Å². The number of fused-ring (bicyclic) bond motifs is 1. The van der Waals surface area contributed by atoms with Crippen LogP contribution >= 0.6 is 0 Å². The molecule has 0 saturated carbocycles. The summed E-state index contributed by atoms with van der Waals surface area (Å²) in [6.07, 6.45) is 3.71. The van der Waals surface area contributed by atoms with Gasteiger partial charge in [-0.15, -0.1) is 0 Å². The zero-order valence-electron chi connectivity index (χ0n) is 11.9. The first kappa shape index (κ1) is 13.4. The summed E-state index contributed by atoms with van der Waals surface area (Å²) in [4.78, 5) is 2.58. The maximum atomic E-state index is 3.59. The molecule has 1 heterocycles. The number of nitrogens with zero attached hydrogens (tertiary/aromatic N) is 1. The molecule has 100 valence electrons. The van der Waals surface area contributed by atoms with Crippen LogP contribution in [0.3, 0.4) is 0 Å². The van der Waals surface area contributed by atoms with Crippen LogP contribution in [0.15, 0.2) is 24.3 Å². The second kappa shape index (κ2) is 6.24. The van der Waals surface area contributed by atoms with E-state index >= 15 is 0 Å². The summed E-state index contributed by atoms with van der Waals surface area (Å²) in [5, 5.41) is 3.59. The summed E-state index contributed by atoms with van der Waals surface area (Å²) in [6, 6.07) is 10.1. The number of aryl methyl sites for hydroxylation is 1. The summed E-state index contributed by atoms with van der Waals surface area (Å²) in [5.74, 6) is 0. The Morgan fingerprint density at radius 1 is 1.39 bits per heavy atom. The third-order valence-electron chi connectivity index (χ3n) is 3.88. The van der Waals surface area contributed by atoms with Crippen LogP contribution in [-0.4, -0.2) is 25.2 Å². The summed E-state index contributed by atoms with van der Waals surface area (Å²) in [5.41, 5.74) is 2.96. The van der Waals surface area contributed by atoms with Gasteiger partial charge in [0.1, 0.15) is 0 Å². The normalized spacial score (nSPS) is 20.6. The number of anilines is 1. The van der Waals surface area contributed by atoms with Crippen LogP contribution in [0.5, 0.6) is 0 Å². The van der Waals surface area contributed by atoms with Crippen molar-refractivity contribution in [3.8, 4) is 0 Å². The van der Waals surface area contributed by atoms with Crippen LogP contribution in [-0.2, 0) is 6.42 Å². The molecule has 2 heteroatoms. The Morgan fingerprint density at radius 2 is 2.17 bits per heavy atom. The van der Waals surface area contributed by atoms with Crippen LogP contribution in [0.25, 0.3) is 0 Å². The van der Waals surface area contributed by atoms with Crippen LogP contribution in [0.2, 0.25) is 0 Å². The van der Waals surface area contributed by atoms with E-state index in [1.54, 1.807) is 0 Å². The second-order valence-corrected chi connectivity index (χ2v) is 5.52. The van der Waals surface area contributed by atoms with E-state index in [9.17, 15) is 0 Å². The molecule has 0 saturated heterocycles. The lowest BCUT2D eigenvalue weighted by atomic mass is 9.96. The molecule has 1 aliphatic heterocycles. The van der Waals surface area contributed by atoms with Gasteiger partial charge in [-0.05, 0) is 51.3 Å². The van der Waals surface area contributed by atoms with Gasteiger partial charge in [-0.2, -0.15) is 0 Å². The second-order valence-electron chi connectivity index (χ2n) is 5.52. The minimum absolute atomic E-state index is 0.554. The molecule has 1 aromatic rings. The van der Waals surface area contributed by atoms with Gasteiger partial charge in [-0.3, -0.25) is 0 Å². The lowest BCUT2D eigenvalue weighted by Gasteiger charge is -2.39. The Hall–Kier alpha value is -1.02. The van der Waals surface area contributed by atoms with Gasteiger partial charge in [0.2, 0.25) is 0 Å². The Balaban J connectivity index is 2.07. The van der Waals surface area contributed by atoms with E-state index < -0.39 is 0 Å². The van der Waals surface area contributed by atoms with Crippen LogP contribution in [0.4, 0.5) is 5.69 Å². The van der Waals surface area contributed by atoms with E-state index in [-0.39, 0.29) is 0 Å². The Kier molecular flexibility index (Phi) is 4.65. The van der Waals surface area contributed by atoms with Crippen molar-refractivity contribution in [3.05, 3.63) is 29.8 Å². The molecule has 1 N–H and O–H groups in total. The average Bonchev–Trinajstić information content (AvgIpc) is 2.40. The lowest BCUT2D eigenvalue weighted by Crippen LogP contribution is -2.45. The van der Waals surface area contributed by atoms with Crippen molar-refractivity contribution in [2.24, 2.45) is 0 Å². The molecule has 0 amide bonds. The van der Waals surface area contributed by atoms with Crippen LogP contribution in [0.1, 0.15) is 39.2 Å². The summed E-state index contributed by atoms with van der Waals surface area (Å²) in [6.45, 7) is 9.09. The lowest BCUT2D eigenvalue weighted by molar-refractivity contribution is 0.485. The zero-order valence-corrected chi connectivity index (χ0v) is 11.9. The topological polar surface area (TPSA) is 15.3 Å². The first-order chi connectivity index (χ1) is 8.72. The molecule has 1 aliphatic rings. The number of rotatable bonds is 5. The molecule has 0 radical (unpaired) electrons. The number of nitrogens with one attached hydrogen (secondary N) is 1. The largest absolute Gasteiger partial charge is 0.367 e. The highest BCUT2D eigenvalue weighted by Crippen LogP contribution is 2.30. The van der Waals surface area contributed by atoms with E-state index in [1.165, 1.54) is 30.5 Å². The first-order valence-electron chi connectivity index (χ1n) is 7.30. The fraction of sp³-hybridized carbons (Fsp3) is 0.625. The van der Waals surface area contributed by atoms with E-state index in [4.69, 9.17) is 0 Å². The van der Waals surface area contributed by atoms with Gasteiger partial charge in [-0.1, -0.05) is 25.1 Å². The quantitative estimate of drug-likeness (QED) is 0.858. The molecule has 0 aromatic heterocycles. The van der Waals surface area contributed by atoms with E-state index in [0.29, 0.717) is 12.1 Å². The smallest absolute Gasteiger partial charge is 0.0401 e. The highest BCUT2D eigenvalue weighted by molar-refractivity contribution is 5.56. The third-order valence-corrected chi connectivity index (χ3v) is 3.88. The van der Waals surface area contributed by atoms with Crippen molar-refractivity contribution in [2.45, 2.75) is 52.1 Å². The molecule has 2 rings (SSSR count). The first-order valence-corrected chi connectivity index (χ1v) is 7.30. The molecular formula is C16H26N2. The molecule has 0 fully saturated rings. The number of hydrogen-bond acceptors (Lipinski definition) is 2. The van der Waals surface area contributed by atoms with Crippen molar-refractivity contribution >= 4 is 5.69 Å². The minimum Gasteiger partial charge on any atom is -0.367 e. The van der Waals surface area contributed by atoms with Gasteiger partial charge in [0.15, 0.2) is 0 Å². The van der Waals surface area contributed by atoms with E-state index in [0.717, 1.165) is 13.1 Å². The fourth-order valence-electron chi connectivity index (χ4n) is 2.79. The monoisotopic (exact) mass is 246 g/mol. The number of para-hydroxylation sites is 1. The van der Waals surface area contributed by atoms with Crippen molar-refractivity contribution in [1.82, 2.24) is 5.32 Å². The highest BCUT2D eigenvalue weighted by atomic mass is 15.2. The average molecular weight is 246 g/mol. The Labute approximate surface area is 111 Å². The molecule has 2 unspecified atom stereocenters. The minimum atomic E-state index is 0.554. The molecule has 2 atom stereocenters. The van der Waals surface area contributed by atoms with Crippen molar-refractivity contribution < 1.29 is 0 Å². The molecule has 18 heavy (non-hydrogen) atoms. The van der Waals surface area contributed by atoms with Gasteiger partial charge in [0.05, 0.1) is 0 Å². The van der Waals surface area contributed by atoms with Crippen molar-refractivity contribution in [3.63, 3.8) is 0 Å². The summed E-state index contributed by atoms with van der Waals surface area (Å²) >= 11 is 0. The Morgan fingerprint density at radius 3 is 2.94 bits per heavy atom. The van der Waals surface area contributed by atoms with E-state index in [1.807, 2.05) is 0 Å². The van der Waals surface area contributed by atoms with E-state index in [2.05, 4.69) is 55.3 Å². The van der Waals surface area contributed by atoms with Gasteiger partial charge in [0.25, 0.3) is 0 Å². The van der Waals surface area contributed by atoms with Gasteiger partial charge >= 0.3 is 0 Å². The SMILES string of the molecule is CCCNC(C)CN1c2ccccc2CCC1C. The maximum absolute atomic E-state index is 3.59. The third kappa shape index (κ3) is 3.05. The zero-order chi connectivity index (χ0) is 13.0. The summed E-state index contributed by atoms with van der Waals surface area (Å²) < 4.78 is 0. The van der Waals surface area contributed by atoms with Gasteiger partial charge in [-0.25, -0.2) is 0 Å². The molecule has 0 bridgehead atoms. The number of hydrogen-bond donors (Lipinski definition) is 1. The molecular weight excluding hydrogens is 220 g/mol. The van der Waals surface area contributed by atoms with Crippen molar-refractivity contribution in [1.29, 1.82) is 0 Å². The molecule has 0 spiro atoms. The predicted molar refractivity (Wildman–Crippen MR) is 79.3 cm³/mol. The number of benzene rings is 1. The maximum Gasteiger partial charge on any atom is 0.0401 e. The highest BCUT2D eigenvalue weighted by Gasteiger charge is 2.23. The van der Waals surface area contributed by atoms with Gasteiger partial charge in [0, 0.05) is 24.3 Å². The molecule has 0 aliphatic carbocycles. The predicted octanol–water partition coefficient (Wildman–Crippen LogP) is 3.22. The fourth-order valence-corrected chi connectivity index (χ4v) is 2.79. The Bertz CT molecular complexity index is 375.